The highest BCUT2D eigenvalue weighted by molar-refractivity contribution is 7.89. The van der Waals surface area contributed by atoms with Gasteiger partial charge in [-0.3, -0.25) is 4.79 Å². The highest BCUT2D eigenvalue weighted by Gasteiger charge is 2.32. The van der Waals surface area contributed by atoms with Gasteiger partial charge in [-0.2, -0.15) is 4.31 Å². The molecule has 8 nitrogen and oxygen atoms in total. The average Bonchev–Trinajstić information content (AvgIpc) is 2.75. The van der Waals surface area contributed by atoms with Crippen LogP contribution in [0.3, 0.4) is 0 Å². The minimum Gasteiger partial charge on any atom is -0.340 e. The summed E-state index contributed by atoms with van der Waals surface area (Å²) in [6.45, 7) is 3.61. The molecule has 1 heterocycles. The zero-order chi connectivity index (χ0) is 24.4. The maximum Gasteiger partial charge on any atom is 0.246 e. The molecule has 2 aromatic carbocycles. The molecular weight excluding hydrogens is 476 g/mol. The summed E-state index contributed by atoms with van der Waals surface area (Å²) in [5.41, 5.74) is 1.80. The Balaban J connectivity index is 1.53. The first kappa shape index (κ1) is 25.2. The SMILES string of the molecule is Cc1ccc(S(=O)(=O)NCCC(=O)N2CCN(S(=O)(=O)c3ccc(F)cc3F)CC2)cc1C. The van der Waals surface area contributed by atoms with E-state index in [0.717, 1.165) is 27.6 Å². The van der Waals surface area contributed by atoms with E-state index in [2.05, 4.69) is 4.72 Å². The van der Waals surface area contributed by atoms with Crippen molar-refractivity contribution in [3.8, 4) is 0 Å². The van der Waals surface area contributed by atoms with Crippen LogP contribution in [0.5, 0.6) is 0 Å². The molecule has 0 aliphatic carbocycles. The summed E-state index contributed by atoms with van der Waals surface area (Å²) < 4.78 is 80.6. The molecule has 1 saturated heterocycles. The number of carbonyl (C=O) groups is 1. The van der Waals surface area contributed by atoms with Gasteiger partial charge in [0.2, 0.25) is 26.0 Å². The Labute approximate surface area is 192 Å². The van der Waals surface area contributed by atoms with Gasteiger partial charge in [-0.25, -0.2) is 30.3 Å². The average molecular weight is 502 g/mol. The fourth-order valence-corrected chi connectivity index (χ4v) is 6.00. The van der Waals surface area contributed by atoms with Crippen molar-refractivity contribution < 1.29 is 30.4 Å². The van der Waals surface area contributed by atoms with Crippen molar-refractivity contribution >= 4 is 26.0 Å². The van der Waals surface area contributed by atoms with E-state index in [1.165, 1.54) is 11.0 Å². The second-order valence-electron chi connectivity index (χ2n) is 7.75. The highest BCUT2D eigenvalue weighted by Crippen LogP contribution is 2.21. The molecule has 0 radical (unpaired) electrons. The fraction of sp³-hybridized carbons (Fsp3) is 0.381. The number of carbonyl (C=O) groups excluding carboxylic acids is 1. The molecule has 1 aliphatic rings. The molecule has 0 saturated carbocycles. The molecule has 1 amide bonds. The first-order valence-electron chi connectivity index (χ1n) is 10.2. The predicted molar refractivity (Wildman–Crippen MR) is 117 cm³/mol. The third-order valence-electron chi connectivity index (χ3n) is 5.52. The first-order valence-corrected chi connectivity index (χ1v) is 13.1. The third-order valence-corrected chi connectivity index (χ3v) is 8.91. The lowest BCUT2D eigenvalue weighted by Crippen LogP contribution is -2.51. The minimum absolute atomic E-state index is 0.0563. The maximum atomic E-state index is 13.9. The van der Waals surface area contributed by atoms with E-state index in [-0.39, 0.29) is 49.9 Å². The summed E-state index contributed by atoms with van der Waals surface area (Å²) in [5.74, 6) is -2.39. The van der Waals surface area contributed by atoms with Crippen LogP contribution in [0.1, 0.15) is 17.5 Å². The van der Waals surface area contributed by atoms with Crippen molar-refractivity contribution in [2.24, 2.45) is 0 Å². The number of nitrogens with one attached hydrogen (secondary N) is 1. The van der Waals surface area contributed by atoms with Gasteiger partial charge in [-0.1, -0.05) is 6.07 Å². The normalized spacial score (nSPS) is 15.6. The van der Waals surface area contributed by atoms with Gasteiger partial charge in [0.15, 0.2) is 0 Å². The van der Waals surface area contributed by atoms with Crippen LogP contribution in [0.4, 0.5) is 8.78 Å². The van der Waals surface area contributed by atoms with Crippen molar-refractivity contribution in [2.75, 3.05) is 32.7 Å². The van der Waals surface area contributed by atoms with Gasteiger partial charge in [0.25, 0.3) is 0 Å². The molecule has 2 aromatic rings. The molecular formula is C21H25F2N3O5S2. The molecule has 0 bridgehead atoms. The molecule has 3 rings (SSSR count). The number of nitrogens with zero attached hydrogens (tertiary/aromatic N) is 2. The zero-order valence-corrected chi connectivity index (χ0v) is 19.8. The summed E-state index contributed by atoms with van der Waals surface area (Å²) in [6, 6.07) is 7.01. The van der Waals surface area contributed by atoms with Crippen LogP contribution in [0.2, 0.25) is 0 Å². The molecule has 0 atom stereocenters. The number of sulfonamides is 2. The number of hydrogen-bond acceptors (Lipinski definition) is 5. The van der Waals surface area contributed by atoms with Crippen molar-refractivity contribution in [3.63, 3.8) is 0 Å². The lowest BCUT2D eigenvalue weighted by molar-refractivity contribution is -0.132. The van der Waals surface area contributed by atoms with Gasteiger partial charge in [-0.05, 0) is 49.2 Å². The Morgan fingerprint density at radius 3 is 2.21 bits per heavy atom. The Morgan fingerprint density at radius 2 is 1.61 bits per heavy atom. The smallest absolute Gasteiger partial charge is 0.246 e. The number of aryl methyl sites for hydroxylation is 2. The number of benzene rings is 2. The number of hydrogen-bond donors (Lipinski definition) is 1. The monoisotopic (exact) mass is 501 g/mol. The molecule has 0 unspecified atom stereocenters. The van der Waals surface area contributed by atoms with Gasteiger partial charge < -0.3 is 4.90 Å². The quantitative estimate of drug-likeness (QED) is 0.623. The Kier molecular flexibility index (Phi) is 7.52. The molecule has 0 spiro atoms. The van der Waals surface area contributed by atoms with E-state index in [1.807, 2.05) is 13.8 Å². The molecule has 0 aromatic heterocycles. The molecule has 1 N–H and O–H groups in total. The van der Waals surface area contributed by atoms with E-state index in [1.54, 1.807) is 12.1 Å². The van der Waals surface area contributed by atoms with Crippen LogP contribution >= 0.6 is 0 Å². The standard InChI is InChI=1S/C21H25F2N3O5S2/c1-15-3-5-18(13-16(15)2)32(28,29)24-8-7-21(27)25-9-11-26(12-10-25)33(30,31)20-6-4-17(22)14-19(20)23/h3-6,13-14,24H,7-12H2,1-2H3. The van der Waals surface area contributed by atoms with Gasteiger partial charge in [0, 0.05) is 45.2 Å². The van der Waals surface area contributed by atoms with E-state index in [9.17, 15) is 30.4 Å². The number of rotatable bonds is 7. The largest absolute Gasteiger partial charge is 0.340 e. The van der Waals surface area contributed by atoms with Crippen LogP contribution in [0.25, 0.3) is 0 Å². The van der Waals surface area contributed by atoms with Crippen molar-refractivity contribution in [2.45, 2.75) is 30.1 Å². The first-order chi connectivity index (χ1) is 15.4. The number of piperazine rings is 1. The summed E-state index contributed by atoms with van der Waals surface area (Å²) in [5, 5.41) is 0. The Bertz CT molecular complexity index is 1260. The number of amides is 1. The minimum atomic E-state index is -4.17. The van der Waals surface area contributed by atoms with Crippen LogP contribution in [0, 0.1) is 25.5 Å². The predicted octanol–water partition coefficient (Wildman–Crippen LogP) is 1.78. The second kappa shape index (κ2) is 9.84. The van der Waals surface area contributed by atoms with Crippen LogP contribution in [-0.4, -0.2) is 64.7 Å². The van der Waals surface area contributed by atoms with E-state index in [0.29, 0.717) is 6.07 Å². The van der Waals surface area contributed by atoms with Crippen LogP contribution in [0.15, 0.2) is 46.2 Å². The van der Waals surface area contributed by atoms with E-state index >= 15 is 0 Å². The third kappa shape index (κ3) is 5.75. The molecule has 1 fully saturated rings. The van der Waals surface area contributed by atoms with Gasteiger partial charge in [-0.15, -0.1) is 0 Å². The summed E-state index contributed by atoms with van der Waals surface area (Å²) in [4.78, 5) is 13.4. The highest BCUT2D eigenvalue weighted by atomic mass is 32.2. The van der Waals surface area contributed by atoms with Crippen molar-refractivity contribution in [1.29, 1.82) is 0 Å². The Morgan fingerprint density at radius 1 is 0.939 bits per heavy atom. The summed E-state index contributed by atoms with van der Waals surface area (Å²) in [6.07, 6.45) is -0.0938. The van der Waals surface area contributed by atoms with Gasteiger partial charge in [0.1, 0.15) is 16.5 Å². The molecule has 1 aliphatic heterocycles. The zero-order valence-electron chi connectivity index (χ0n) is 18.2. The van der Waals surface area contributed by atoms with Gasteiger partial charge in [0.05, 0.1) is 4.90 Å². The fourth-order valence-electron chi connectivity index (χ4n) is 3.42. The molecule has 180 valence electrons. The summed E-state index contributed by atoms with van der Waals surface area (Å²) in [7, 11) is -7.93. The van der Waals surface area contributed by atoms with Crippen LogP contribution < -0.4 is 4.72 Å². The summed E-state index contributed by atoms with van der Waals surface area (Å²) >= 11 is 0. The topological polar surface area (TPSA) is 104 Å². The lowest BCUT2D eigenvalue weighted by atomic mass is 10.1. The van der Waals surface area contributed by atoms with Crippen molar-refractivity contribution in [3.05, 3.63) is 59.2 Å². The Hall–Kier alpha value is -2.41. The molecule has 33 heavy (non-hydrogen) atoms. The second-order valence-corrected chi connectivity index (χ2v) is 11.4. The maximum absolute atomic E-state index is 13.9. The van der Waals surface area contributed by atoms with Gasteiger partial charge >= 0.3 is 0 Å². The van der Waals surface area contributed by atoms with E-state index in [4.69, 9.17) is 0 Å². The van der Waals surface area contributed by atoms with E-state index < -0.39 is 36.6 Å². The van der Waals surface area contributed by atoms with Crippen molar-refractivity contribution in [1.82, 2.24) is 13.9 Å². The lowest BCUT2D eigenvalue weighted by Gasteiger charge is -2.34. The molecule has 12 heteroatoms. The van der Waals surface area contributed by atoms with Crippen LogP contribution in [-0.2, 0) is 24.8 Å². The number of halogens is 2.